The summed E-state index contributed by atoms with van der Waals surface area (Å²) in [7, 11) is 0. The first kappa shape index (κ1) is 10.8. The Hall–Kier alpha value is -2.12. The van der Waals surface area contributed by atoms with Gasteiger partial charge in [-0.3, -0.25) is 0 Å². The molecule has 19 heavy (non-hydrogen) atoms. The highest BCUT2D eigenvalue weighted by Crippen LogP contribution is 2.31. The summed E-state index contributed by atoms with van der Waals surface area (Å²) in [4.78, 5) is 0. The van der Waals surface area contributed by atoms with Gasteiger partial charge in [-0.15, -0.1) is 0 Å². The average Bonchev–Trinajstić information content (AvgIpc) is 2.43. The molecule has 0 heterocycles. The molecule has 2 aliphatic rings. The maximum Gasteiger partial charge on any atom is 0.0727 e. The predicted octanol–water partition coefficient (Wildman–Crippen LogP) is 4.16. The predicted molar refractivity (Wildman–Crippen MR) is 76.6 cm³/mol. The van der Waals surface area contributed by atoms with Crippen molar-refractivity contribution in [2.75, 3.05) is 0 Å². The molecular weight excluding hydrogens is 232 g/mol. The number of hydrogen-bond acceptors (Lipinski definition) is 1. The second kappa shape index (κ2) is 4.22. The first-order chi connectivity index (χ1) is 9.43. The summed E-state index contributed by atoms with van der Waals surface area (Å²) >= 11 is 0. The van der Waals surface area contributed by atoms with Crippen molar-refractivity contribution in [1.29, 1.82) is 0 Å². The molecule has 0 radical (unpaired) electrons. The van der Waals surface area contributed by atoms with Crippen LogP contribution in [0.25, 0.3) is 10.8 Å². The Balaban J connectivity index is 1.49. The molecule has 0 aromatic heterocycles. The van der Waals surface area contributed by atoms with Gasteiger partial charge in [-0.25, -0.2) is 0 Å². The molecule has 0 saturated carbocycles. The third kappa shape index (κ3) is 1.66. The lowest BCUT2D eigenvalue weighted by Gasteiger charge is -2.17. The molecule has 2 aliphatic carbocycles. The van der Waals surface area contributed by atoms with Crippen molar-refractivity contribution in [3.8, 4) is 0 Å². The van der Waals surface area contributed by atoms with Gasteiger partial charge in [0.2, 0.25) is 0 Å². The molecule has 0 amide bonds. The molecule has 0 fully saturated rings. The van der Waals surface area contributed by atoms with Crippen LogP contribution in [0.3, 0.4) is 0 Å². The first-order valence-corrected chi connectivity index (χ1v) is 6.60. The van der Waals surface area contributed by atoms with Crippen LogP contribution in [0.5, 0.6) is 0 Å². The van der Waals surface area contributed by atoms with Crippen molar-refractivity contribution in [3.05, 3.63) is 82.2 Å². The largest absolute Gasteiger partial charge is 0.372 e. The zero-order valence-corrected chi connectivity index (χ0v) is 10.6. The molecular formula is C18H14O. The van der Waals surface area contributed by atoms with Crippen LogP contribution in [0.4, 0.5) is 0 Å². The fourth-order valence-corrected chi connectivity index (χ4v) is 2.78. The van der Waals surface area contributed by atoms with Crippen LogP contribution in [-0.4, -0.2) is 0 Å². The minimum Gasteiger partial charge on any atom is -0.372 e. The molecule has 4 rings (SSSR count). The third-order valence-corrected chi connectivity index (χ3v) is 3.76. The topological polar surface area (TPSA) is 9.23 Å². The number of ether oxygens (including phenoxy) is 1. The summed E-state index contributed by atoms with van der Waals surface area (Å²) in [6.07, 6.45) is 0. The van der Waals surface area contributed by atoms with E-state index in [1.54, 1.807) is 0 Å². The Kier molecular flexibility index (Phi) is 2.39. The molecule has 0 N–H and O–H groups in total. The van der Waals surface area contributed by atoms with Crippen molar-refractivity contribution >= 4 is 10.8 Å². The van der Waals surface area contributed by atoms with E-state index in [9.17, 15) is 0 Å². The fourth-order valence-electron chi connectivity index (χ4n) is 2.78. The molecule has 0 atom stereocenters. The number of fused-ring (bicyclic) bond motifs is 3. The van der Waals surface area contributed by atoms with E-state index < -0.39 is 0 Å². The van der Waals surface area contributed by atoms with Gasteiger partial charge in [-0.05, 0) is 38.4 Å². The van der Waals surface area contributed by atoms with Crippen molar-refractivity contribution in [1.82, 2.24) is 0 Å². The molecule has 92 valence electrons. The Morgan fingerprint density at radius 1 is 0.737 bits per heavy atom. The second-order valence-corrected chi connectivity index (χ2v) is 4.98. The van der Waals surface area contributed by atoms with Gasteiger partial charge in [0.25, 0.3) is 0 Å². The van der Waals surface area contributed by atoms with Crippen LogP contribution in [-0.2, 0) is 18.0 Å². The summed E-state index contributed by atoms with van der Waals surface area (Å²) in [5.41, 5.74) is 2.57. The Morgan fingerprint density at radius 2 is 1.47 bits per heavy atom. The lowest BCUT2D eigenvalue weighted by atomic mass is 9.90. The van der Waals surface area contributed by atoms with Crippen LogP contribution < -0.4 is 0 Å². The summed E-state index contributed by atoms with van der Waals surface area (Å²) < 4.78 is 5.79. The summed E-state index contributed by atoms with van der Waals surface area (Å²) in [6, 6.07) is 21.1. The SMILES string of the molecule is c1ccc(COCc2cc3c4ccccc4c2=3)cc1. The van der Waals surface area contributed by atoms with E-state index in [0.29, 0.717) is 13.2 Å². The van der Waals surface area contributed by atoms with E-state index >= 15 is 0 Å². The lowest BCUT2D eigenvalue weighted by Crippen LogP contribution is -2.03. The Labute approximate surface area is 111 Å². The Morgan fingerprint density at radius 3 is 2.32 bits per heavy atom. The second-order valence-electron chi connectivity index (χ2n) is 4.98. The first-order valence-electron chi connectivity index (χ1n) is 6.60. The van der Waals surface area contributed by atoms with Gasteiger partial charge in [0.05, 0.1) is 13.2 Å². The third-order valence-electron chi connectivity index (χ3n) is 3.76. The highest BCUT2D eigenvalue weighted by molar-refractivity contribution is 5.91. The molecule has 0 saturated heterocycles. The summed E-state index contributed by atoms with van der Waals surface area (Å²) in [5.74, 6) is 0. The van der Waals surface area contributed by atoms with Gasteiger partial charge in [-0.1, -0.05) is 54.6 Å². The van der Waals surface area contributed by atoms with E-state index in [1.807, 2.05) is 18.2 Å². The van der Waals surface area contributed by atoms with Gasteiger partial charge >= 0.3 is 0 Å². The van der Waals surface area contributed by atoms with Gasteiger partial charge in [0, 0.05) is 0 Å². The minimum absolute atomic E-state index is 0.683. The monoisotopic (exact) mass is 246 g/mol. The molecule has 0 bridgehead atoms. The van der Waals surface area contributed by atoms with Crippen molar-refractivity contribution in [2.45, 2.75) is 13.2 Å². The number of benzene rings is 3. The van der Waals surface area contributed by atoms with E-state index in [2.05, 4.69) is 42.5 Å². The maximum absolute atomic E-state index is 5.79. The lowest BCUT2D eigenvalue weighted by molar-refractivity contribution is 0.106. The molecule has 2 aromatic carbocycles. The van der Waals surface area contributed by atoms with E-state index in [-0.39, 0.29) is 0 Å². The van der Waals surface area contributed by atoms with Crippen molar-refractivity contribution < 1.29 is 4.74 Å². The molecule has 0 unspecified atom stereocenters. The van der Waals surface area contributed by atoms with Crippen LogP contribution in [0, 0.1) is 10.4 Å². The van der Waals surface area contributed by atoms with Crippen molar-refractivity contribution in [2.24, 2.45) is 0 Å². The molecule has 1 heteroatoms. The summed E-state index contributed by atoms with van der Waals surface area (Å²) in [6.45, 7) is 1.39. The van der Waals surface area contributed by atoms with Gasteiger partial charge in [0.1, 0.15) is 0 Å². The minimum atomic E-state index is 0.683. The van der Waals surface area contributed by atoms with Crippen LogP contribution in [0.2, 0.25) is 0 Å². The van der Waals surface area contributed by atoms with Crippen LogP contribution in [0.1, 0.15) is 11.1 Å². The van der Waals surface area contributed by atoms with E-state index in [1.165, 1.54) is 32.3 Å². The molecule has 0 aliphatic heterocycles. The van der Waals surface area contributed by atoms with Crippen LogP contribution >= 0.6 is 0 Å². The normalized spacial score (nSPS) is 11.8. The van der Waals surface area contributed by atoms with Gasteiger partial charge in [-0.2, -0.15) is 0 Å². The quantitative estimate of drug-likeness (QED) is 0.525. The van der Waals surface area contributed by atoms with Crippen LogP contribution in [0.15, 0.2) is 60.7 Å². The standard InChI is InChI=1S/C18H14O/c1-2-6-13(7-3-1)11-19-12-14-10-17-15-8-4-5-9-16(15)18(14)17/h1-10H,11-12H2. The number of hydrogen-bond donors (Lipinski definition) is 0. The van der Waals surface area contributed by atoms with Gasteiger partial charge in [0.15, 0.2) is 0 Å². The zero-order valence-electron chi connectivity index (χ0n) is 10.6. The average molecular weight is 246 g/mol. The molecule has 1 nitrogen and oxygen atoms in total. The van der Waals surface area contributed by atoms with E-state index in [0.717, 1.165) is 0 Å². The van der Waals surface area contributed by atoms with E-state index in [4.69, 9.17) is 4.74 Å². The highest BCUT2D eigenvalue weighted by atomic mass is 16.5. The maximum atomic E-state index is 5.79. The molecule has 0 spiro atoms. The molecule has 2 aromatic rings. The van der Waals surface area contributed by atoms with Gasteiger partial charge < -0.3 is 4.74 Å². The smallest absolute Gasteiger partial charge is 0.0727 e. The highest BCUT2D eigenvalue weighted by Gasteiger charge is 2.13. The number of rotatable bonds is 4. The fraction of sp³-hybridized carbons (Fsp3) is 0.111. The Bertz CT molecular complexity index is 835. The summed E-state index contributed by atoms with van der Waals surface area (Å²) in [5, 5.41) is 5.61. The zero-order chi connectivity index (χ0) is 12.7. The van der Waals surface area contributed by atoms with Crippen molar-refractivity contribution in [3.63, 3.8) is 0 Å².